The Kier molecular flexibility index (Phi) is 6.95. The average Bonchev–Trinajstić information content (AvgIpc) is 3.36. The molecule has 0 saturated heterocycles. The highest BCUT2D eigenvalue weighted by Gasteiger charge is 2.46. The molecule has 1 aliphatic carbocycles. The Morgan fingerprint density at radius 3 is 2.64 bits per heavy atom. The van der Waals surface area contributed by atoms with Gasteiger partial charge in [-0.1, -0.05) is 20.8 Å². The fraction of sp³-hybridized carbons (Fsp3) is 0.438. The molecular formula is C32H34FN5O6. The highest BCUT2D eigenvalue weighted by Crippen LogP contribution is 2.45. The zero-order valence-corrected chi connectivity index (χ0v) is 25.2. The molecule has 3 atom stereocenters. The number of cyclic esters (lactones) is 1. The minimum atomic E-state index is -1.99. The van der Waals surface area contributed by atoms with Crippen molar-refractivity contribution in [3.8, 4) is 11.4 Å². The molecule has 2 amide bonds. The molecule has 12 heteroatoms. The van der Waals surface area contributed by atoms with Crippen LogP contribution in [0.25, 0.3) is 22.3 Å². The number of aliphatic hydroxyl groups is 1. The van der Waals surface area contributed by atoms with Gasteiger partial charge >= 0.3 is 5.97 Å². The highest BCUT2D eigenvalue weighted by molar-refractivity contribution is 6.38. The molecular weight excluding hydrogens is 569 g/mol. The Morgan fingerprint density at radius 2 is 1.95 bits per heavy atom. The third-order valence-electron chi connectivity index (χ3n) is 9.26. The van der Waals surface area contributed by atoms with Crippen molar-refractivity contribution in [2.24, 2.45) is 5.92 Å². The van der Waals surface area contributed by atoms with Crippen molar-refractivity contribution in [1.82, 2.24) is 20.2 Å². The van der Waals surface area contributed by atoms with E-state index in [4.69, 9.17) is 15.1 Å². The maximum Gasteiger partial charge on any atom is 0.343 e. The van der Waals surface area contributed by atoms with E-state index in [1.807, 2.05) is 0 Å². The van der Waals surface area contributed by atoms with Gasteiger partial charge in [-0.25, -0.2) is 14.2 Å². The molecule has 1 aromatic carbocycles. The van der Waals surface area contributed by atoms with E-state index in [9.17, 15) is 24.3 Å². The number of aromatic nitrogens is 2. The van der Waals surface area contributed by atoms with Gasteiger partial charge < -0.3 is 25.0 Å². The van der Waals surface area contributed by atoms with Crippen molar-refractivity contribution in [2.45, 2.75) is 84.7 Å². The van der Waals surface area contributed by atoms with Gasteiger partial charge in [0.05, 0.1) is 40.8 Å². The zero-order chi connectivity index (χ0) is 31.8. The molecule has 0 bridgehead atoms. The molecule has 11 nitrogen and oxygen atoms in total. The molecule has 4 heterocycles. The number of benzene rings is 1. The first-order valence-electron chi connectivity index (χ1n) is 14.8. The van der Waals surface area contributed by atoms with Gasteiger partial charge in [0.25, 0.3) is 11.5 Å². The molecule has 2 aromatic heterocycles. The van der Waals surface area contributed by atoms with Crippen LogP contribution >= 0.6 is 0 Å². The minimum Gasteiger partial charge on any atom is -0.458 e. The number of esters is 1. The van der Waals surface area contributed by atoms with Crippen LogP contribution in [0.5, 0.6) is 0 Å². The second-order valence-corrected chi connectivity index (χ2v) is 12.2. The predicted molar refractivity (Wildman–Crippen MR) is 159 cm³/mol. The first-order chi connectivity index (χ1) is 20.8. The first kappa shape index (κ1) is 29.6. The fourth-order valence-corrected chi connectivity index (χ4v) is 6.60. The average molecular weight is 604 g/mol. The molecule has 0 radical (unpaired) electrons. The van der Waals surface area contributed by atoms with Crippen LogP contribution in [0, 0.1) is 24.1 Å². The van der Waals surface area contributed by atoms with E-state index < -0.39 is 46.8 Å². The van der Waals surface area contributed by atoms with Gasteiger partial charge in [0.15, 0.2) is 5.60 Å². The van der Waals surface area contributed by atoms with Gasteiger partial charge in [-0.2, -0.15) is 0 Å². The lowest BCUT2D eigenvalue weighted by molar-refractivity contribution is -0.172. The molecule has 44 heavy (non-hydrogen) atoms. The molecule has 6 rings (SSSR count). The summed E-state index contributed by atoms with van der Waals surface area (Å²) >= 11 is 0. The van der Waals surface area contributed by atoms with Crippen molar-refractivity contribution < 1.29 is 28.6 Å². The van der Waals surface area contributed by atoms with E-state index in [0.717, 1.165) is 11.1 Å². The lowest BCUT2D eigenvalue weighted by Crippen LogP contribution is -2.48. The molecule has 4 N–H and O–H groups in total. The van der Waals surface area contributed by atoms with E-state index in [1.165, 1.54) is 10.6 Å². The maximum atomic E-state index is 15.1. The lowest BCUT2D eigenvalue weighted by atomic mass is 9.81. The van der Waals surface area contributed by atoms with Crippen molar-refractivity contribution in [3.63, 3.8) is 0 Å². The molecule has 0 spiro atoms. The second-order valence-electron chi connectivity index (χ2n) is 12.2. The van der Waals surface area contributed by atoms with Gasteiger partial charge in [-0.15, -0.1) is 0 Å². The quantitative estimate of drug-likeness (QED) is 0.194. The summed E-state index contributed by atoms with van der Waals surface area (Å²) in [6.45, 7) is 8.17. The summed E-state index contributed by atoms with van der Waals surface area (Å²) in [5.74, 6) is -2.62. The van der Waals surface area contributed by atoms with E-state index in [-0.39, 0.29) is 42.3 Å². The topological polar surface area (TPSA) is 163 Å². The molecule has 0 fully saturated rings. The third-order valence-corrected chi connectivity index (χ3v) is 9.26. The number of nitrogens with zero attached hydrogens (tertiary/aromatic N) is 2. The van der Waals surface area contributed by atoms with Gasteiger partial charge in [-0.3, -0.25) is 19.8 Å². The van der Waals surface area contributed by atoms with Gasteiger partial charge in [-0.05, 0) is 55.9 Å². The highest BCUT2D eigenvalue weighted by atomic mass is 19.1. The van der Waals surface area contributed by atoms with E-state index >= 15 is 4.39 Å². The monoisotopic (exact) mass is 603 g/mol. The van der Waals surface area contributed by atoms with E-state index in [1.54, 1.807) is 40.7 Å². The number of aryl methyl sites for hydroxylation is 1. The van der Waals surface area contributed by atoms with Crippen LogP contribution in [-0.2, 0) is 44.3 Å². The SMILES string of the molecule is CC[C@@]1(O)C(=O)OCc2c1cc1n(c2=O)Cc2c-1nc1cc(F)c(C)c3c1c2[C@@H](NC(=O)[C@H](C)NC(=O)C(=N)C(C)C)CC3. The van der Waals surface area contributed by atoms with Crippen LogP contribution in [-0.4, -0.2) is 44.2 Å². The summed E-state index contributed by atoms with van der Waals surface area (Å²) in [6.07, 6.45) is 0.913. The fourth-order valence-electron chi connectivity index (χ4n) is 6.60. The summed E-state index contributed by atoms with van der Waals surface area (Å²) < 4.78 is 21.8. The Hall–Kier alpha value is -4.45. The van der Waals surface area contributed by atoms with Crippen molar-refractivity contribution in [1.29, 1.82) is 5.41 Å². The lowest BCUT2D eigenvalue weighted by Gasteiger charge is -2.31. The van der Waals surface area contributed by atoms with Crippen LogP contribution in [0.15, 0.2) is 16.9 Å². The van der Waals surface area contributed by atoms with Crippen LogP contribution < -0.4 is 16.2 Å². The van der Waals surface area contributed by atoms with Crippen molar-refractivity contribution in [3.05, 3.63) is 61.7 Å². The van der Waals surface area contributed by atoms with E-state index in [2.05, 4.69) is 10.6 Å². The number of rotatable bonds is 6. The van der Waals surface area contributed by atoms with Crippen LogP contribution in [0.2, 0.25) is 0 Å². The normalized spacial score (nSPS) is 20.5. The molecule has 2 aliphatic heterocycles. The Morgan fingerprint density at radius 1 is 1.23 bits per heavy atom. The van der Waals surface area contributed by atoms with Crippen LogP contribution in [0.3, 0.4) is 0 Å². The summed E-state index contributed by atoms with van der Waals surface area (Å²) in [6, 6.07) is 1.47. The third kappa shape index (κ3) is 4.26. The van der Waals surface area contributed by atoms with Crippen LogP contribution in [0.1, 0.15) is 80.0 Å². The number of amides is 2. The summed E-state index contributed by atoms with van der Waals surface area (Å²) in [7, 11) is 0. The Balaban J connectivity index is 1.48. The Labute approximate surface area is 252 Å². The number of hydrogen-bond donors (Lipinski definition) is 4. The second kappa shape index (κ2) is 10.3. The van der Waals surface area contributed by atoms with Gasteiger partial charge in [0, 0.05) is 28.5 Å². The van der Waals surface area contributed by atoms with Gasteiger partial charge in [0.2, 0.25) is 5.91 Å². The number of carbonyl (C=O) groups is 3. The molecule has 3 aliphatic rings. The van der Waals surface area contributed by atoms with Crippen LogP contribution in [0.4, 0.5) is 4.39 Å². The number of fused-ring (bicyclic) bond motifs is 5. The number of halogens is 1. The number of nitrogens with one attached hydrogen (secondary N) is 3. The molecule has 0 saturated carbocycles. The number of pyridine rings is 2. The summed E-state index contributed by atoms with van der Waals surface area (Å²) in [5.41, 5.74) is 1.65. The zero-order valence-electron chi connectivity index (χ0n) is 25.2. The molecule has 0 unspecified atom stereocenters. The predicted octanol–water partition coefficient (Wildman–Crippen LogP) is 2.81. The number of ether oxygens (including phenoxy) is 1. The van der Waals surface area contributed by atoms with Crippen molar-refractivity contribution in [2.75, 3.05) is 0 Å². The Bertz CT molecular complexity index is 1880. The smallest absolute Gasteiger partial charge is 0.343 e. The first-order valence-corrected chi connectivity index (χ1v) is 14.8. The summed E-state index contributed by atoms with van der Waals surface area (Å²) in [4.78, 5) is 57.0. The molecule has 230 valence electrons. The number of hydrogen-bond acceptors (Lipinski definition) is 8. The minimum absolute atomic E-state index is 0.00169. The molecule has 3 aromatic rings. The maximum absolute atomic E-state index is 15.1. The summed E-state index contributed by atoms with van der Waals surface area (Å²) in [5, 5.41) is 25.5. The van der Waals surface area contributed by atoms with Crippen molar-refractivity contribution >= 4 is 34.4 Å². The van der Waals surface area contributed by atoms with Gasteiger partial charge in [0.1, 0.15) is 18.5 Å². The standard InChI is InChI=1S/C32H34FN5O6/c1-6-32(43)19-9-23-27-17(11-38(23)30(41)18(19)12-44-31(32)42)25-21(37-28(39)15(5)35-29(40)26(34)13(2)3)8-7-16-14(4)20(33)10-22(36-27)24(16)25/h9-10,13,15,21,34,43H,6-8,11-12H2,1-5H3,(H,35,40)(H,37,39)/t15-,21-,32-/m0/s1. The largest absolute Gasteiger partial charge is 0.458 e. The number of carbonyl (C=O) groups excluding carboxylic acids is 3. The van der Waals surface area contributed by atoms with E-state index in [0.29, 0.717) is 46.3 Å².